The number of ether oxygens (including phenoxy) is 2. The van der Waals surface area contributed by atoms with Crippen LogP contribution in [0.2, 0.25) is 0 Å². The average Bonchev–Trinajstić information content (AvgIpc) is 2.64. The summed E-state index contributed by atoms with van der Waals surface area (Å²) >= 11 is 0. The van der Waals surface area contributed by atoms with E-state index in [-0.39, 0.29) is 11.8 Å². The number of carbonyl (C=O) groups is 2. The molecule has 0 amide bonds. The van der Waals surface area contributed by atoms with Gasteiger partial charge in [0.05, 0.1) is 14.2 Å². The molecule has 1 atom stereocenters. The number of fused-ring (bicyclic) bond motifs is 3. The predicted octanol–water partition coefficient (Wildman–Crippen LogP) is 3.88. The minimum absolute atomic E-state index is 0.0967. The number of allylic oxidation sites excluding steroid dienone is 2. The molecule has 0 bridgehead atoms. The molecule has 132 valence electrons. The molecule has 0 fully saturated rings. The Kier molecular flexibility index (Phi) is 4.55. The first-order valence-corrected chi connectivity index (χ1v) is 8.67. The standard InChI is InChI=1S/C21H24O4/c1-5-18(22)17-10-13(2)12-21(20(23)25-4)9-8-14-11-15(24-3)6-7-16(14)19(17)21/h6-7,11-12H,5,8-10H2,1-4H3. The highest BCUT2D eigenvalue weighted by atomic mass is 16.5. The lowest BCUT2D eigenvalue weighted by Crippen LogP contribution is -2.38. The van der Waals surface area contributed by atoms with Gasteiger partial charge < -0.3 is 9.47 Å². The van der Waals surface area contributed by atoms with Crippen molar-refractivity contribution in [3.63, 3.8) is 0 Å². The number of carbonyl (C=O) groups excluding carboxylic acids is 2. The molecule has 0 aliphatic heterocycles. The van der Waals surface area contributed by atoms with Gasteiger partial charge >= 0.3 is 5.97 Å². The third-order valence-corrected chi connectivity index (χ3v) is 5.27. The summed E-state index contributed by atoms with van der Waals surface area (Å²) in [6.45, 7) is 3.84. The Bertz CT molecular complexity index is 800. The van der Waals surface area contributed by atoms with E-state index in [9.17, 15) is 9.59 Å². The van der Waals surface area contributed by atoms with Crippen LogP contribution >= 0.6 is 0 Å². The van der Waals surface area contributed by atoms with Gasteiger partial charge in [-0.15, -0.1) is 0 Å². The molecule has 1 aromatic rings. The predicted molar refractivity (Wildman–Crippen MR) is 96.4 cm³/mol. The van der Waals surface area contributed by atoms with Gasteiger partial charge in [-0.2, -0.15) is 0 Å². The van der Waals surface area contributed by atoms with Crippen molar-refractivity contribution in [2.75, 3.05) is 14.2 Å². The summed E-state index contributed by atoms with van der Waals surface area (Å²) in [6, 6.07) is 5.86. The summed E-state index contributed by atoms with van der Waals surface area (Å²) < 4.78 is 10.5. The smallest absolute Gasteiger partial charge is 0.320 e. The normalized spacial score (nSPS) is 21.8. The zero-order valence-corrected chi connectivity index (χ0v) is 15.3. The minimum atomic E-state index is -0.862. The highest BCUT2D eigenvalue weighted by Gasteiger charge is 2.48. The van der Waals surface area contributed by atoms with Crippen molar-refractivity contribution in [1.29, 1.82) is 0 Å². The lowest BCUT2D eigenvalue weighted by atomic mass is 9.62. The van der Waals surface area contributed by atoms with E-state index in [2.05, 4.69) is 0 Å². The van der Waals surface area contributed by atoms with Crippen LogP contribution in [-0.4, -0.2) is 26.0 Å². The molecular formula is C21H24O4. The van der Waals surface area contributed by atoms with E-state index in [4.69, 9.17) is 9.47 Å². The Morgan fingerprint density at radius 3 is 2.64 bits per heavy atom. The van der Waals surface area contributed by atoms with Gasteiger partial charge in [0, 0.05) is 12.0 Å². The van der Waals surface area contributed by atoms with Crippen LogP contribution in [0.15, 0.2) is 35.4 Å². The summed E-state index contributed by atoms with van der Waals surface area (Å²) in [6.07, 6.45) is 4.37. The second kappa shape index (κ2) is 6.51. The van der Waals surface area contributed by atoms with Gasteiger partial charge in [0.1, 0.15) is 11.2 Å². The van der Waals surface area contributed by atoms with Crippen molar-refractivity contribution in [1.82, 2.24) is 0 Å². The second-order valence-corrected chi connectivity index (χ2v) is 6.78. The number of ketones is 1. The van der Waals surface area contributed by atoms with E-state index in [0.29, 0.717) is 19.3 Å². The quantitative estimate of drug-likeness (QED) is 0.616. The first kappa shape index (κ1) is 17.5. The molecular weight excluding hydrogens is 316 g/mol. The number of rotatable bonds is 4. The highest BCUT2D eigenvalue weighted by molar-refractivity contribution is 6.10. The van der Waals surface area contributed by atoms with E-state index in [1.165, 1.54) is 7.11 Å². The van der Waals surface area contributed by atoms with Gasteiger partial charge in [-0.05, 0) is 55.0 Å². The number of benzene rings is 1. The largest absolute Gasteiger partial charge is 0.497 e. The molecule has 0 aromatic heterocycles. The zero-order valence-electron chi connectivity index (χ0n) is 15.3. The van der Waals surface area contributed by atoms with Crippen molar-refractivity contribution in [2.45, 2.75) is 39.5 Å². The minimum Gasteiger partial charge on any atom is -0.497 e. The SMILES string of the molecule is CCC(=O)C1=C2c3ccc(OC)cc3CCC2(C(=O)OC)C=C(C)C1. The zero-order chi connectivity index (χ0) is 18.2. The van der Waals surface area contributed by atoms with Gasteiger partial charge in [-0.25, -0.2) is 0 Å². The van der Waals surface area contributed by atoms with E-state index < -0.39 is 5.41 Å². The van der Waals surface area contributed by atoms with E-state index in [1.54, 1.807) is 7.11 Å². The van der Waals surface area contributed by atoms with Crippen LogP contribution in [0.3, 0.4) is 0 Å². The number of aryl methyl sites for hydroxylation is 1. The fourth-order valence-corrected chi connectivity index (χ4v) is 4.16. The second-order valence-electron chi connectivity index (χ2n) is 6.78. The van der Waals surface area contributed by atoms with Crippen LogP contribution in [-0.2, 0) is 20.7 Å². The number of esters is 1. The summed E-state index contributed by atoms with van der Waals surface area (Å²) in [4.78, 5) is 25.5. The topological polar surface area (TPSA) is 52.6 Å². The first-order valence-electron chi connectivity index (χ1n) is 8.67. The molecule has 3 rings (SSSR count). The molecule has 0 heterocycles. The molecule has 4 heteroatoms. The van der Waals surface area contributed by atoms with Gasteiger partial charge in [-0.3, -0.25) is 9.59 Å². The Labute approximate surface area is 148 Å². The van der Waals surface area contributed by atoms with Crippen molar-refractivity contribution >= 4 is 17.3 Å². The fraction of sp³-hybridized carbons (Fsp3) is 0.429. The Morgan fingerprint density at radius 1 is 1.24 bits per heavy atom. The van der Waals surface area contributed by atoms with Crippen molar-refractivity contribution in [2.24, 2.45) is 5.41 Å². The molecule has 0 saturated heterocycles. The molecule has 1 aromatic carbocycles. The third kappa shape index (κ3) is 2.70. The van der Waals surface area contributed by atoms with Crippen molar-refractivity contribution in [3.8, 4) is 5.75 Å². The Balaban J connectivity index is 2.31. The van der Waals surface area contributed by atoms with E-state index in [0.717, 1.165) is 40.0 Å². The van der Waals surface area contributed by atoms with E-state index in [1.807, 2.05) is 38.1 Å². The summed E-state index contributed by atoms with van der Waals surface area (Å²) in [5, 5.41) is 0. The van der Waals surface area contributed by atoms with Crippen LogP contribution in [0, 0.1) is 5.41 Å². The van der Waals surface area contributed by atoms with Gasteiger partial charge in [-0.1, -0.05) is 24.6 Å². The maximum absolute atomic E-state index is 12.8. The van der Waals surface area contributed by atoms with Crippen LogP contribution in [0.4, 0.5) is 0 Å². The molecule has 2 aliphatic rings. The van der Waals surface area contributed by atoms with Crippen molar-refractivity contribution in [3.05, 3.63) is 46.5 Å². The highest BCUT2D eigenvalue weighted by Crippen LogP contribution is 2.53. The van der Waals surface area contributed by atoms with Crippen LogP contribution in [0.1, 0.15) is 44.2 Å². The fourth-order valence-electron chi connectivity index (χ4n) is 4.16. The molecule has 0 saturated carbocycles. The summed E-state index contributed by atoms with van der Waals surface area (Å²) in [5.41, 5.74) is 3.85. The Hall–Kier alpha value is -2.36. The summed E-state index contributed by atoms with van der Waals surface area (Å²) in [7, 11) is 3.05. The van der Waals surface area contributed by atoms with Gasteiger partial charge in [0.15, 0.2) is 5.78 Å². The molecule has 0 N–H and O–H groups in total. The lowest BCUT2D eigenvalue weighted by molar-refractivity contribution is -0.147. The van der Waals surface area contributed by atoms with E-state index >= 15 is 0 Å². The van der Waals surface area contributed by atoms with Crippen LogP contribution in [0.25, 0.3) is 5.57 Å². The molecule has 2 aliphatic carbocycles. The molecule has 4 nitrogen and oxygen atoms in total. The summed E-state index contributed by atoms with van der Waals surface area (Å²) in [5.74, 6) is 0.597. The lowest BCUT2D eigenvalue weighted by Gasteiger charge is -2.40. The number of methoxy groups -OCH3 is 2. The maximum Gasteiger partial charge on any atom is 0.320 e. The first-order chi connectivity index (χ1) is 12.0. The number of hydrogen-bond donors (Lipinski definition) is 0. The molecule has 0 radical (unpaired) electrons. The van der Waals surface area contributed by atoms with Crippen LogP contribution < -0.4 is 4.74 Å². The Morgan fingerprint density at radius 2 is 2.00 bits per heavy atom. The molecule has 25 heavy (non-hydrogen) atoms. The maximum atomic E-state index is 12.8. The third-order valence-electron chi connectivity index (χ3n) is 5.27. The van der Waals surface area contributed by atoms with Gasteiger partial charge in [0.2, 0.25) is 0 Å². The molecule has 1 unspecified atom stereocenters. The number of hydrogen-bond acceptors (Lipinski definition) is 4. The number of Topliss-reactive ketones (excluding diaryl/α,β-unsaturated/α-hetero) is 1. The van der Waals surface area contributed by atoms with Crippen molar-refractivity contribution < 1.29 is 19.1 Å². The average molecular weight is 340 g/mol. The molecule has 0 spiro atoms. The van der Waals surface area contributed by atoms with Crippen LogP contribution in [0.5, 0.6) is 5.75 Å². The van der Waals surface area contributed by atoms with Gasteiger partial charge in [0.25, 0.3) is 0 Å². The monoisotopic (exact) mass is 340 g/mol.